The van der Waals surface area contributed by atoms with Gasteiger partial charge in [0, 0.05) is 62.3 Å². The number of carbonyl (C=O) groups excluding carboxylic acids is 1. The van der Waals surface area contributed by atoms with Crippen LogP contribution in [-0.4, -0.2) is 70.8 Å². The summed E-state index contributed by atoms with van der Waals surface area (Å²) in [6, 6.07) is 7.70. The molecule has 4 N–H and O–H groups in total. The van der Waals surface area contributed by atoms with Gasteiger partial charge in [-0.2, -0.15) is 13.2 Å². The summed E-state index contributed by atoms with van der Waals surface area (Å²) in [6.07, 6.45) is -3.05. The normalized spacial score (nSPS) is 14.8. The lowest BCUT2D eigenvalue weighted by molar-refractivity contribution is -0.137. The van der Waals surface area contributed by atoms with Crippen LogP contribution in [0.1, 0.15) is 16.8 Å². The van der Waals surface area contributed by atoms with Crippen LogP contribution in [0, 0.1) is 5.82 Å². The molecule has 0 saturated carbocycles. The molecular formula is C28H30F4N8O2. The molecule has 0 atom stereocenters. The number of piperazine rings is 1. The number of ether oxygens (including phenoxy) is 1. The van der Waals surface area contributed by atoms with Crippen molar-refractivity contribution < 1.29 is 27.1 Å². The van der Waals surface area contributed by atoms with Gasteiger partial charge in [0.15, 0.2) is 5.82 Å². The number of urea groups is 1. The number of hydrogen-bond acceptors (Lipinski definition) is 7. The molecule has 42 heavy (non-hydrogen) atoms. The first-order valence-corrected chi connectivity index (χ1v) is 13.1. The van der Waals surface area contributed by atoms with Gasteiger partial charge in [-0.25, -0.2) is 9.18 Å². The minimum atomic E-state index is -4.68. The van der Waals surface area contributed by atoms with Crippen molar-refractivity contribution in [3.05, 3.63) is 71.4 Å². The van der Waals surface area contributed by atoms with Crippen LogP contribution < -0.4 is 16.4 Å². The van der Waals surface area contributed by atoms with Crippen LogP contribution in [0.15, 0.2) is 48.8 Å². The van der Waals surface area contributed by atoms with Gasteiger partial charge in [-0.1, -0.05) is 12.1 Å². The second kappa shape index (κ2) is 11.9. The second-order valence-corrected chi connectivity index (χ2v) is 10.1. The molecule has 5 rings (SSSR count). The average molecular weight is 587 g/mol. The maximum absolute atomic E-state index is 14.1. The standard InChI is InChI=1S/C28H30F4N8O2/c1-38-9-11-39(12-10-38)14-23-20(15-42-2)24(25-26(33)37-34-16-40(23)25)17-3-6-19(7-4-17)35-27(41)36-22-13-18(28(30,31)32)5-8-21(22)29/h3-8,13,16H,9-12,14-15H2,1-2H3,(H2,33,37)(H2,35,36,41). The monoisotopic (exact) mass is 586 g/mol. The third kappa shape index (κ3) is 6.15. The van der Waals surface area contributed by atoms with Crippen LogP contribution in [0.3, 0.4) is 0 Å². The molecule has 4 aromatic rings. The molecule has 0 spiro atoms. The van der Waals surface area contributed by atoms with Crippen LogP contribution in [0.4, 0.5) is 39.5 Å². The molecule has 1 aliphatic rings. The van der Waals surface area contributed by atoms with Crippen molar-refractivity contribution in [2.45, 2.75) is 19.3 Å². The minimum absolute atomic E-state index is 0.249. The Kier molecular flexibility index (Phi) is 8.29. The number of amides is 2. The molecule has 2 aromatic carbocycles. The number of rotatable bonds is 7. The van der Waals surface area contributed by atoms with Crippen LogP contribution in [0.25, 0.3) is 16.6 Å². The van der Waals surface area contributed by atoms with E-state index in [1.807, 2.05) is 4.40 Å². The molecule has 1 fully saturated rings. The molecule has 1 saturated heterocycles. The van der Waals surface area contributed by atoms with E-state index < -0.39 is 29.3 Å². The molecule has 0 aliphatic carbocycles. The predicted octanol–water partition coefficient (Wildman–Crippen LogP) is 4.67. The zero-order valence-corrected chi connectivity index (χ0v) is 23.0. The molecule has 0 bridgehead atoms. The van der Waals surface area contributed by atoms with Gasteiger partial charge in [-0.05, 0) is 42.9 Å². The highest BCUT2D eigenvalue weighted by Gasteiger charge is 2.31. The molecule has 2 amide bonds. The van der Waals surface area contributed by atoms with Crippen LogP contribution >= 0.6 is 0 Å². The van der Waals surface area contributed by atoms with E-state index >= 15 is 0 Å². The predicted molar refractivity (Wildman–Crippen MR) is 150 cm³/mol. The Balaban J connectivity index is 1.42. The highest BCUT2D eigenvalue weighted by Crippen LogP contribution is 2.37. The van der Waals surface area contributed by atoms with Crippen molar-refractivity contribution in [2.75, 3.05) is 56.7 Å². The summed E-state index contributed by atoms with van der Waals surface area (Å²) in [5.74, 6) is -0.744. The number of nitrogens with two attached hydrogens (primary N) is 1. The van der Waals surface area contributed by atoms with Crippen molar-refractivity contribution in [3.63, 3.8) is 0 Å². The number of aromatic nitrogens is 3. The number of nitrogens with zero attached hydrogens (tertiary/aromatic N) is 5. The number of benzene rings is 2. The molecule has 1 aliphatic heterocycles. The number of carbonyl (C=O) groups is 1. The fourth-order valence-corrected chi connectivity index (χ4v) is 5.06. The summed E-state index contributed by atoms with van der Waals surface area (Å²) >= 11 is 0. The molecule has 14 heteroatoms. The van der Waals surface area contributed by atoms with Gasteiger partial charge in [0.25, 0.3) is 0 Å². The topological polar surface area (TPSA) is 113 Å². The van der Waals surface area contributed by atoms with Gasteiger partial charge >= 0.3 is 12.2 Å². The molecule has 222 valence electrons. The third-order valence-electron chi connectivity index (χ3n) is 7.23. The average Bonchev–Trinajstić information content (AvgIpc) is 3.25. The van der Waals surface area contributed by atoms with Gasteiger partial charge in [0.2, 0.25) is 0 Å². The van der Waals surface area contributed by atoms with Gasteiger partial charge in [0.1, 0.15) is 12.1 Å². The summed E-state index contributed by atoms with van der Waals surface area (Å²) in [5.41, 5.74) is 9.18. The number of fused-ring (bicyclic) bond motifs is 1. The number of likely N-dealkylation sites (N-methyl/N-ethyl adjacent to an activating group) is 1. The van der Waals surface area contributed by atoms with E-state index in [1.54, 1.807) is 37.7 Å². The van der Waals surface area contributed by atoms with Crippen LogP contribution in [-0.2, 0) is 24.1 Å². The summed E-state index contributed by atoms with van der Waals surface area (Å²) in [7, 11) is 3.71. The number of halogens is 4. The van der Waals surface area contributed by atoms with E-state index in [2.05, 4.69) is 37.7 Å². The Labute approximate surface area is 239 Å². The number of nitrogen functional groups attached to an aromatic ring is 1. The summed E-state index contributed by atoms with van der Waals surface area (Å²) in [4.78, 5) is 17.1. The summed E-state index contributed by atoms with van der Waals surface area (Å²) < 4.78 is 60.7. The quantitative estimate of drug-likeness (QED) is 0.270. The third-order valence-corrected chi connectivity index (χ3v) is 7.23. The fourth-order valence-electron chi connectivity index (χ4n) is 5.06. The number of methoxy groups -OCH3 is 1. The maximum atomic E-state index is 14.1. The number of hydrogen-bond donors (Lipinski definition) is 3. The summed E-state index contributed by atoms with van der Waals surface area (Å²) in [5, 5.41) is 12.8. The van der Waals surface area contributed by atoms with E-state index in [4.69, 9.17) is 10.5 Å². The van der Waals surface area contributed by atoms with Crippen LogP contribution in [0.5, 0.6) is 0 Å². The van der Waals surface area contributed by atoms with Gasteiger partial charge in [-0.15, -0.1) is 10.2 Å². The Morgan fingerprint density at radius 2 is 1.79 bits per heavy atom. The first-order valence-electron chi connectivity index (χ1n) is 13.1. The Morgan fingerprint density at radius 3 is 2.45 bits per heavy atom. The molecule has 10 nitrogen and oxygen atoms in total. The number of nitrogens with one attached hydrogen (secondary N) is 2. The van der Waals surface area contributed by atoms with Crippen molar-refractivity contribution in [2.24, 2.45) is 0 Å². The van der Waals surface area contributed by atoms with Crippen molar-refractivity contribution >= 4 is 28.7 Å². The highest BCUT2D eigenvalue weighted by molar-refractivity contribution is 6.00. The molecular weight excluding hydrogens is 556 g/mol. The van der Waals surface area contributed by atoms with Gasteiger partial charge in [0.05, 0.1) is 23.4 Å². The van der Waals surface area contributed by atoms with E-state index in [9.17, 15) is 22.4 Å². The lowest BCUT2D eigenvalue weighted by atomic mass is 10.0. The Hall–Kier alpha value is -4.27. The van der Waals surface area contributed by atoms with Crippen molar-refractivity contribution in [3.8, 4) is 11.1 Å². The number of alkyl halides is 3. The van der Waals surface area contributed by atoms with Crippen molar-refractivity contribution in [1.82, 2.24) is 24.4 Å². The molecule has 0 radical (unpaired) electrons. The van der Waals surface area contributed by atoms with Gasteiger partial charge in [-0.3, -0.25) is 9.30 Å². The van der Waals surface area contributed by atoms with E-state index in [-0.39, 0.29) is 5.82 Å². The van der Waals surface area contributed by atoms with Crippen molar-refractivity contribution in [1.29, 1.82) is 0 Å². The Morgan fingerprint density at radius 1 is 1.07 bits per heavy atom. The van der Waals surface area contributed by atoms with Crippen LogP contribution in [0.2, 0.25) is 0 Å². The Bertz CT molecular complexity index is 1580. The lowest BCUT2D eigenvalue weighted by Crippen LogP contribution is -2.44. The SMILES string of the molecule is COCc1c(-c2ccc(NC(=O)Nc3cc(C(F)(F)F)ccc3F)cc2)c2c(N)nncn2c1CN1CCN(C)CC1. The highest BCUT2D eigenvalue weighted by atomic mass is 19.4. The lowest BCUT2D eigenvalue weighted by Gasteiger charge is -2.32. The first-order chi connectivity index (χ1) is 20.0. The second-order valence-electron chi connectivity index (χ2n) is 10.1. The zero-order chi connectivity index (χ0) is 30.0. The zero-order valence-electron chi connectivity index (χ0n) is 23.0. The van der Waals surface area contributed by atoms with E-state index in [0.29, 0.717) is 42.6 Å². The maximum Gasteiger partial charge on any atom is 0.416 e. The molecule has 0 unspecified atom stereocenters. The van der Waals surface area contributed by atoms with Gasteiger partial charge < -0.3 is 26.0 Å². The van der Waals surface area contributed by atoms with E-state index in [0.717, 1.165) is 48.6 Å². The molecule has 3 heterocycles. The fraction of sp³-hybridized carbons (Fsp3) is 0.321. The van der Waals surface area contributed by atoms with E-state index in [1.165, 1.54) is 0 Å². The minimum Gasteiger partial charge on any atom is -0.380 e. The number of anilines is 3. The summed E-state index contributed by atoms with van der Waals surface area (Å²) in [6.45, 7) is 4.70. The smallest absolute Gasteiger partial charge is 0.380 e. The largest absolute Gasteiger partial charge is 0.416 e. The molecule has 2 aromatic heterocycles. The first kappa shape index (κ1) is 29.2.